The van der Waals surface area contributed by atoms with Gasteiger partial charge in [0.15, 0.2) is 0 Å². The third-order valence-electron chi connectivity index (χ3n) is 14.1. The van der Waals surface area contributed by atoms with Crippen molar-refractivity contribution in [2.75, 3.05) is 0 Å². The molecule has 0 spiro atoms. The fourth-order valence-electron chi connectivity index (χ4n) is 8.47. The summed E-state index contributed by atoms with van der Waals surface area (Å²) in [4.78, 5) is 0. The van der Waals surface area contributed by atoms with Crippen LogP contribution in [0.2, 0.25) is 0 Å². The maximum absolute atomic E-state index is 12.6. The average Bonchev–Trinajstić information content (AvgIpc) is 3.19. The minimum atomic E-state index is -0.116. The van der Waals surface area contributed by atoms with E-state index in [0.29, 0.717) is 5.56 Å². The van der Waals surface area contributed by atoms with Gasteiger partial charge < -0.3 is 5.48 Å². The predicted octanol–water partition coefficient (Wildman–Crippen LogP) is 19.5. The van der Waals surface area contributed by atoms with Gasteiger partial charge >= 0.3 is 0 Å². The Balaban J connectivity index is -0.000000201. The van der Waals surface area contributed by atoms with E-state index in [1.807, 2.05) is 13.0 Å². The molecule has 0 saturated heterocycles. The van der Waals surface area contributed by atoms with Crippen LogP contribution in [-0.2, 0) is 0 Å². The van der Waals surface area contributed by atoms with Crippen LogP contribution in [0, 0.1) is 92.7 Å². The van der Waals surface area contributed by atoms with Gasteiger partial charge in [-0.3, -0.25) is 0 Å². The maximum Gasteiger partial charge on any atom is 0.126 e. The molecule has 2 aromatic carbocycles. The molecule has 0 heterocycles. The molecular weight excluding hydrogens is 720 g/mol. The second-order valence-electron chi connectivity index (χ2n) is 21.2. The lowest BCUT2D eigenvalue weighted by molar-refractivity contribution is 0.308. The summed E-state index contributed by atoms with van der Waals surface area (Å²) in [5.41, 5.74) is 4.34. The Kier molecular flexibility index (Phi) is 35.1. The standard InChI is InChI=1S/C8H9F.5C8H16.C8H10.CH4.H2O.3H2/c1-6-3-4-7(2)8(9)5-6;6*1-7-3-5-8(2)6-4-7;;;;;/h3-5H,1-2H3;5*7-8H,3-6H2,1-2H3;3-6H,1-2H3;1H4;1H2;3*1H/i;;;;;;;;;1+1;;. The van der Waals surface area contributed by atoms with E-state index in [4.69, 9.17) is 0 Å². The number of rotatable bonds is 0. The zero-order valence-corrected chi connectivity index (χ0v) is 41.3. The number of aryl methyl sites for hydroxylation is 4. The highest BCUT2D eigenvalue weighted by Gasteiger charge is 2.16. The molecule has 7 rings (SSSR count). The lowest BCUT2D eigenvalue weighted by Crippen LogP contribution is -2.08. The van der Waals surface area contributed by atoms with E-state index in [-0.39, 0.29) is 23.0 Å². The first kappa shape index (κ1) is 59.4. The molecule has 2 aromatic rings. The molecule has 59 heavy (non-hydrogen) atoms. The van der Waals surface area contributed by atoms with E-state index in [9.17, 15) is 4.39 Å². The SMILES string of the molecule is C.CC1CCC(C)CC1.CC1CCC(C)CC1.CC1CCC(C)CC1.CC1CCC(C)CC1.CC1CCC(C)CC1.Cc1ccc(C)c(F)c1.Cc1ccc(C)cc1.O.[2HH].[HH].[HH]. The van der Waals surface area contributed by atoms with Crippen LogP contribution in [0.1, 0.15) is 232 Å². The zero-order chi connectivity index (χ0) is 42.8. The summed E-state index contributed by atoms with van der Waals surface area (Å²) in [5.74, 6) is 10.1. The minimum absolute atomic E-state index is 0. The molecule has 2 heteroatoms. The molecule has 5 saturated carbocycles. The number of hydrogen-bond donors (Lipinski definition) is 0. The Hall–Kier alpha value is -1.67. The van der Waals surface area contributed by atoms with Crippen LogP contribution in [-0.4, -0.2) is 5.48 Å². The van der Waals surface area contributed by atoms with Gasteiger partial charge in [0, 0.05) is 4.28 Å². The molecule has 5 fully saturated rings. The van der Waals surface area contributed by atoms with Crippen molar-refractivity contribution in [1.82, 2.24) is 0 Å². The molecule has 2 N–H and O–H groups in total. The Morgan fingerprint density at radius 1 is 0.339 bits per heavy atom. The smallest absolute Gasteiger partial charge is 0.126 e. The van der Waals surface area contributed by atoms with E-state index in [1.165, 1.54) is 146 Å². The molecule has 0 amide bonds. The molecule has 0 bridgehead atoms. The summed E-state index contributed by atoms with van der Waals surface area (Å²) < 4.78 is 12.6. The van der Waals surface area contributed by atoms with Gasteiger partial charge in [0.2, 0.25) is 0 Å². The molecule has 0 aromatic heterocycles. The van der Waals surface area contributed by atoms with Crippen LogP contribution in [0.25, 0.3) is 0 Å². The average molecular weight is 833 g/mol. The second-order valence-corrected chi connectivity index (χ2v) is 21.2. The van der Waals surface area contributed by atoms with E-state index >= 15 is 0 Å². The Morgan fingerprint density at radius 2 is 0.492 bits per heavy atom. The molecule has 0 unspecified atom stereocenters. The van der Waals surface area contributed by atoms with Crippen LogP contribution >= 0.6 is 0 Å². The van der Waals surface area contributed by atoms with Gasteiger partial charge in [-0.1, -0.05) is 253 Å². The van der Waals surface area contributed by atoms with Crippen molar-refractivity contribution in [2.24, 2.45) is 59.2 Å². The van der Waals surface area contributed by atoms with Crippen molar-refractivity contribution >= 4 is 0 Å². The predicted molar refractivity (Wildman–Crippen MR) is 272 cm³/mol. The van der Waals surface area contributed by atoms with Crippen LogP contribution < -0.4 is 0 Å². The first-order chi connectivity index (χ1) is 26.9. The molecule has 5 aliphatic rings. The van der Waals surface area contributed by atoms with Gasteiger partial charge in [0.25, 0.3) is 0 Å². The molecule has 0 radical (unpaired) electrons. The third-order valence-corrected chi connectivity index (χ3v) is 14.1. The van der Waals surface area contributed by atoms with Crippen LogP contribution in [0.5, 0.6) is 0 Å². The van der Waals surface area contributed by atoms with Crippen LogP contribution in [0.15, 0.2) is 42.5 Å². The fraction of sp³-hybridized carbons (Fsp3) is 0.789. The highest BCUT2D eigenvalue weighted by atomic mass is 19.1. The first-order valence-corrected chi connectivity index (χ1v) is 24.7. The lowest BCUT2D eigenvalue weighted by atomic mass is 9.84. The summed E-state index contributed by atoms with van der Waals surface area (Å²) in [6.45, 7) is 31.5. The van der Waals surface area contributed by atoms with Gasteiger partial charge in [-0.25, -0.2) is 4.39 Å². The van der Waals surface area contributed by atoms with E-state index < -0.39 is 0 Å². The molecule has 5 aliphatic carbocycles. The quantitative estimate of drug-likeness (QED) is 0.253. The third kappa shape index (κ3) is 32.7. The zero-order valence-electron chi connectivity index (χ0n) is 41.3. The molecule has 352 valence electrons. The first-order valence-electron chi connectivity index (χ1n) is 24.7. The van der Waals surface area contributed by atoms with E-state index in [1.54, 1.807) is 13.0 Å². The largest absolute Gasteiger partial charge is 0.412 e. The second kappa shape index (κ2) is 34.9. The summed E-state index contributed by atoms with van der Waals surface area (Å²) in [5, 5.41) is 0. The Morgan fingerprint density at radius 3 is 0.627 bits per heavy atom. The Labute approximate surface area is 375 Å². The van der Waals surface area contributed by atoms with Crippen molar-refractivity contribution in [2.45, 2.75) is 233 Å². The van der Waals surface area contributed by atoms with Gasteiger partial charge in [-0.2, -0.15) is 0 Å². The Bertz CT molecular complexity index is 1030. The van der Waals surface area contributed by atoms with Crippen molar-refractivity contribution in [3.63, 3.8) is 0 Å². The number of hydrogen-bond acceptors (Lipinski definition) is 0. The maximum atomic E-state index is 12.6. The highest BCUT2D eigenvalue weighted by Crippen LogP contribution is 2.30. The van der Waals surface area contributed by atoms with E-state index in [0.717, 1.165) is 64.7 Å². The fourth-order valence-corrected chi connectivity index (χ4v) is 8.47. The number of halogens is 1. The van der Waals surface area contributed by atoms with Gasteiger partial charge in [-0.05, 0) is 104 Å². The molecular formula is C57H111FO. The highest BCUT2D eigenvalue weighted by molar-refractivity contribution is 5.21. The topological polar surface area (TPSA) is 31.5 Å². The molecule has 0 atom stereocenters. The van der Waals surface area contributed by atoms with Crippen molar-refractivity contribution in [1.29, 1.82) is 0 Å². The molecule has 1 nitrogen and oxygen atoms in total. The van der Waals surface area contributed by atoms with Gasteiger partial charge in [0.1, 0.15) is 5.82 Å². The van der Waals surface area contributed by atoms with Crippen molar-refractivity contribution in [3.8, 4) is 0 Å². The monoisotopic (exact) mass is 832 g/mol. The summed E-state index contributed by atoms with van der Waals surface area (Å²) >= 11 is 0. The number of benzene rings is 2. The van der Waals surface area contributed by atoms with Crippen molar-refractivity contribution in [3.05, 3.63) is 70.5 Å². The van der Waals surface area contributed by atoms with Crippen LogP contribution in [0.4, 0.5) is 4.39 Å². The van der Waals surface area contributed by atoms with Crippen LogP contribution in [0.3, 0.4) is 0 Å². The van der Waals surface area contributed by atoms with Gasteiger partial charge in [0.05, 0.1) is 0 Å². The molecule has 0 aliphatic heterocycles. The normalized spacial score (nSPS) is 29.7. The summed E-state index contributed by atoms with van der Waals surface area (Å²) in [7, 11) is 0. The van der Waals surface area contributed by atoms with Gasteiger partial charge in [-0.15, -0.1) is 0 Å². The lowest BCUT2D eigenvalue weighted by Gasteiger charge is -2.22. The minimum Gasteiger partial charge on any atom is -0.412 e. The van der Waals surface area contributed by atoms with E-state index in [2.05, 4.69) is 107 Å². The van der Waals surface area contributed by atoms with Crippen molar-refractivity contribution < 1.29 is 14.1 Å². The summed E-state index contributed by atoms with van der Waals surface area (Å²) in [6, 6.07) is 13.7. The summed E-state index contributed by atoms with van der Waals surface area (Å²) in [6.07, 6.45) is 29.5.